The van der Waals surface area contributed by atoms with Crippen molar-refractivity contribution in [3.63, 3.8) is 0 Å². The molecule has 2 amide bonds. The van der Waals surface area contributed by atoms with Crippen LogP contribution in [0.2, 0.25) is 0 Å². The molecule has 1 aromatic heterocycles. The van der Waals surface area contributed by atoms with Gasteiger partial charge in [0.25, 0.3) is 5.56 Å². The third-order valence-electron chi connectivity index (χ3n) is 7.48. The van der Waals surface area contributed by atoms with E-state index in [1.165, 1.54) is 16.0 Å². The highest BCUT2D eigenvalue weighted by molar-refractivity contribution is 7.07. The zero-order chi connectivity index (χ0) is 26.7. The number of likely N-dealkylation sites (N-methyl/N-ethyl adjacent to an activating group) is 2. The number of aromatic nitrogens is 1. The van der Waals surface area contributed by atoms with Crippen molar-refractivity contribution in [2.45, 2.75) is 11.3 Å². The molecule has 0 unspecified atom stereocenters. The lowest BCUT2D eigenvalue weighted by molar-refractivity contribution is 0.0648. The summed E-state index contributed by atoms with van der Waals surface area (Å²) < 4.78 is 2.04. The number of benzene rings is 3. The SMILES string of the molecule is CN(C)c1ccc(/C=c2/sc3n(c2=O)N[C@]2(c4ccccc4)N(C)C(=O)N(C)[C@@]2(c2ccccc2)N=3)cc1. The Morgan fingerprint density at radius 1 is 0.842 bits per heavy atom. The highest BCUT2D eigenvalue weighted by atomic mass is 32.1. The zero-order valence-corrected chi connectivity index (χ0v) is 22.4. The van der Waals surface area contributed by atoms with Gasteiger partial charge in [-0.2, -0.15) is 4.68 Å². The number of rotatable bonds is 4. The van der Waals surface area contributed by atoms with Gasteiger partial charge in [-0.3, -0.25) is 20.0 Å². The quantitative estimate of drug-likeness (QED) is 0.446. The number of hydrogen-bond acceptors (Lipinski definition) is 6. The Morgan fingerprint density at radius 3 is 2.05 bits per heavy atom. The Balaban J connectivity index is 1.64. The van der Waals surface area contributed by atoms with Gasteiger partial charge in [0.05, 0.1) is 4.53 Å². The van der Waals surface area contributed by atoms with E-state index >= 15 is 0 Å². The third kappa shape index (κ3) is 3.18. The van der Waals surface area contributed by atoms with Crippen LogP contribution in [0, 0.1) is 0 Å². The molecule has 0 spiro atoms. The molecule has 1 N–H and O–H groups in total. The monoisotopic (exact) mass is 524 g/mol. The van der Waals surface area contributed by atoms with Crippen molar-refractivity contribution in [3.05, 3.63) is 121 Å². The van der Waals surface area contributed by atoms with E-state index in [0.29, 0.717) is 9.33 Å². The molecule has 0 bridgehead atoms. The Kier molecular flexibility index (Phi) is 5.43. The van der Waals surface area contributed by atoms with Crippen LogP contribution >= 0.6 is 11.3 Å². The number of carbonyl (C=O) groups excluding carboxylic acids is 1. The van der Waals surface area contributed by atoms with Gasteiger partial charge in [-0.15, -0.1) is 0 Å². The van der Waals surface area contributed by atoms with E-state index in [1.807, 2.05) is 110 Å². The van der Waals surface area contributed by atoms with Gasteiger partial charge in [-0.05, 0) is 23.8 Å². The molecule has 0 saturated carbocycles. The number of amides is 2. The molecule has 3 aromatic carbocycles. The van der Waals surface area contributed by atoms with Crippen molar-refractivity contribution in [2.24, 2.45) is 4.99 Å². The normalized spacial score (nSPS) is 22.5. The first-order chi connectivity index (χ1) is 18.3. The maximum atomic E-state index is 13.8. The summed E-state index contributed by atoms with van der Waals surface area (Å²) in [5, 5.41) is 0. The molecule has 8 nitrogen and oxygen atoms in total. The smallest absolute Gasteiger partial charge is 0.324 e. The minimum atomic E-state index is -1.18. The second-order valence-electron chi connectivity index (χ2n) is 9.76. The van der Waals surface area contributed by atoms with Crippen LogP contribution in [0.1, 0.15) is 16.7 Å². The summed E-state index contributed by atoms with van der Waals surface area (Å²) in [4.78, 5) is 38.5. The fourth-order valence-electron chi connectivity index (χ4n) is 5.54. The molecular formula is C29H28N6O2S. The molecule has 9 heteroatoms. The molecule has 192 valence electrons. The van der Waals surface area contributed by atoms with Crippen molar-refractivity contribution in [1.82, 2.24) is 14.5 Å². The van der Waals surface area contributed by atoms with Gasteiger partial charge in [0.15, 0.2) is 0 Å². The molecule has 2 aliphatic heterocycles. The van der Waals surface area contributed by atoms with Gasteiger partial charge >= 0.3 is 6.03 Å². The molecule has 2 atom stereocenters. The summed E-state index contributed by atoms with van der Waals surface area (Å²) in [6, 6.07) is 27.3. The van der Waals surface area contributed by atoms with Gasteiger partial charge in [0.2, 0.25) is 16.1 Å². The first kappa shape index (κ1) is 24.0. The van der Waals surface area contributed by atoms with Crippen LogP contribution in [-0.4, -0.2) is 48.7 Å². The van der Waals surface area contributed by atoms with Crippen molar-refractivity contribution in [3.8, 4) is 0 Å². The average molecular weight is 525 g/mol. The fraction of sp³-hybridized carbons (Fsp3) is 0.207. The summed E-state index contributed by atoms with van der Waals surface area (Å²) in [6.45, 7) is 0. The van der Waals surface area contributed by atoms with Crippen LogP contribution in [-0.2, 0) is 11.3 Å². The van der Waals surface area contributed by atoms with Crippen molar-refractivity contribution < 1.29 is 4.79 Å². The Morgan fingerprint density at radius 2 is 1.45 bits per heavy atom. The van der Waals surface area contributed by atoms with E-state index in [2.05, 4.69) is 5.43 Å². The predicted octanol–water partition coefficient (Wildman–Crippen LogP) is 2.68. The summed E-state index contributed by atoms with van der Waals surface area (Å²) in [5.41, 5.74) is 4.61. The number of hydrogen-bond donors (Lipinski definition) is 1. The molecule has 2 aliphatic rings. The average Bonchev–Trinajstić information content (AvgIpc) is 3.33. The molecule has 38 heavy (non-hydrogen) atoms. The number of nitrogens with zero attached hydrogens (tertiary/aromatic N) is 5. The standard InChI is InChI=1S/C29H28N6O2S/c1-32(2)23-17-15-20(16-18-23)19-24-25(36)35-26(38-24)30-28(21-11-7-5-8-12-21)29(31-35,22-13-9-6-10-14-22)34(4)27(37)33(28)3/h5-19,31H,1-4H3/b24-19+/t28-,29-/m1/s1. The Bertz CT molecular complexity index is 1700. The number of nitrogens with one attached hydrogen (secondary N) is 1. The van der Waals surface area contributed by atoms with E-state index in [1.54, 1.807) is 23.9 Å². The summed E-state index contributed by atoms with van der Waals surface area (Å²) in [5.74, 6) is 0. The fourth-order valence-corrected chi connectivity index (χ4v) is 6.50. The van der Waals surface area contributed by atoms with Gasteiger partial charge < -0.3 is 4.90 Å². The zero-order valence-electron chi connectivity index (χ0n) is 21.6. The van der Waals surface area contributed by atoms with Gasteiger partial charge in [0, 0.05) is 45.0 Å². The lowest BCUT2D eigenvalue weighted by Crippen LogP contribution is -2.67. The maximum Gasteiger partial charge on any atom is 0.324 e. The van der Waals surface area contributed by atoms with Crippen LogP contribution in [0.25, 0.3) is 6.08 Å². The molecule has 0 aliphatic carbocycles. The maximum absolute atomic E-state index is 13.8. The first-order valence-corrected chi connectivity index (χ1v) is 13.1. The number of thiazole rings is 1. The first-order valence-electron chi connectivity index (χ1n) is 12.3. The molecule has 1 saturated heterocycles. The van der Waals surface area contributed by atoms with Crippen LogP contribution in [0.3, 0.4) is 0 Å². The minimum Gasteiger partial charge on any atom is -0.378 e. The van der Waals surface area contributed by atoms with E-state index in [0.717, 1.165) is 22.4 Å². The Labute approximate surface area is 224 Å². The van der Waals surface area contributed by atoms with E-state index < -0.39 is 11.3 Å². The Hall–Kier alpha value is -4.37. The number of fused-ring (bicyclic) bond motifs is 2. The predicted molar refractivity (Wildman–Crippen MR) is 150 cm³/mol. The molecular weight excluding hydrogens is 496 g/mol. The van der Waals surface area contributed by atoms with E-state index in [4.69, 9.17) is 4.99 Å². The summed E-state index contributed by atoms with van der Waals surface area (Å²) in [6.07, 6.45) is 1.88. The lowest BCUT2D eigenvalue weighted by Gasteiger charge is -2.49. The van der Waals surface area contributed by atoms with Gasteiger partial charge in [-0.1, -0.05) is 84.1 Å². The third-order valence-corrected chi connectivity index (χ3v) is 8.45. The van der Waals surface area contributed by atoms with Crippen molar-refractivity contribution in [1.29, 1.82) is 0 Å². The molecule has 1 fully saturated rings. The van der Waals surface area contributed by atoms with Crippen LogP contribution in [0.15, 0.2) is 94.7 Å². The van der Waals surface area contributed by atoms with Crippen molar-refractivity contribution in [2.75, 3.05) is 38.5 Å². The lowest BCUT2D eigenvalue weighted by atomic mass is 9.80. The molecule has 4 aromatic rings. The highest BCUT2D eigenvalue weighted by Crippen LogP contribution is 2.53. The number of carbonyl (C=O) groups is 1. The summed E-state index contributed by atoms with van der Waals surface area (Å²) in [7, 11) is 7.50. The molecule has 6 rings (SSSR count). The van der Waals surface area contributed by atoms with Gasteiger partial charge in [0.1, 0.15) is 0 Å². The molecule has 3 heterocycles. The molecule has 0 radical (unpaired) electrons. The van der Waals surface area contributed by atoms with Gasteiger partial charge in [-0.25, -0.2) is 9.79 Å². The van der Waals surface area contributed by atoms with Crippen molar-refractivity contribution >= 4 is 29.1 Å². The summed E-state index contributed by atoms with van der Waals surface area (Å²) >= 11 is 1.31. The number of anilines is 1. The largest absolute Gasteiger partial charge is 0.378 e. The second-order valence-corrected chi connectivity index (χ2v) is 10.8. The van der Waals surface area contributed by atoms with Crippen LogP contribution < -0.4 is 25.2 Å². The van der Waals surface area contributed by atoms with Crippen LogP contribution in [0.5, 0.6) is 0 Å². The second kappa shape index (κ2) is 8.59. The topological polar surface area (TPSA) is 73.2 Å². The van der Waals surface area contributed by atoms with E-state index in [-0.39, 0.29) is 11.6 Å². The number of urea groups is 1. The van der Waals surface area contributed by atoms with E-state index in [9.17, 15) is 9.59 Å². The minimum absolute atomic E-state index is 0.204. The van der Waals surface area contributed by atoms with Crippen LogP contribution in [0.4, 0.5) is 10.5 Å². The highest BCUT2D eigenvalue weighted by Gasteiger charge is 2.69.